The summed E-state index contributed by atoms with van der Waals surface area (Å²) in [5.41, 5.74) is -1.34. The molecule has 15 unspecified atom stereocenters. The molecule has 128 heavy (non-hydrogen) atoms. The normalized spacial score (nSPS) is 23.3. The van der Waals surface area contributed by atoms with E-state index in [0.29, 0.717) is 26.2 Å². The van der Waals surface area contributed by atoms with Crippen LogP contribution in [0.5, 0.6) is 0 Å². The highest BCUT2D eigenvalue weighted by atomic mass is 31.2. The van der Waals surface area contributed by atoms with Crippen molar-refractivity contribution in [3.05, 3.63) is 0 Å². The van der Waals surface area contributed by atoms with Crippen molar-refractivity contribution in [2.45, 2.75) is 163 Å². The lowest BCUT2D eigenvalue weighted by Gasteiger charge is -2.40. The molecule has 0 aliphatic carbocycles. The molecule has 3 rings (SSSR count). The van der Waals surface area contributed by atoms with Gasteiger partial charge < -0.3 is 200 Å². The Bertz CT molecular complexity index is 2710. The van der Waals surface area contributed by atoms with Gasteiger partial charge in [0.1, 0.15) is 84.8 Å². The molecule has 3 aliphatic heterocycles. The predicted molar refractivity (Wildman–Crippen MR) is 433 cm³/mol. The second-order valence-corrected chi connectivity index (χ2v) is 32.2. The Morgan fingerprint density at radius 2 is 0.594 bits per heavy atom. The second kappa shape index (κ2) is 74.3. The molecule has 3 heterocycles. The molecule has 0 aromatic heterocycles. The van der Waals surface area contributed by atoms with Crippen LogP contribution in [-0.2, 0) is 155 Å². The Kier molecular flexibility index (Phi) is 70.3. The molecule has 0 bridgehead atoms. The second-order valence-electron chi connectivity index (χ2n) is 28.4. The summed E-state index contributed by atoms with van der Waals surface area (Å²) in [6.45, 7) is 3.36. The summed E-state index contributed by atoms with van der Waals surface area (Å²) in [7, 11) is -8.28. The number of ether oxygens (including phenoxy) is 22. The number of hydrogen-bond donors (Lipinski definition) is 18. The minimum Gasteiger partial charge on any atom is -0.394 e. The Labute approximate surface area is 743 Å². The van der Waals surface area contributed by atoms with Gasteiger partial charge in [-0.25, -0.2) is 13.7 Å². The number of rotatable bonds is 83. The van der Waals surface area contributed by atoms with E-state index in [1.54, 1.807) is 7.11 Å². The van der Waals surface area contributed by atoms with Gasteiger partial charge in [-0.3, -0.25) is 32.7 Å². The number of Topliss-reactive ketones (excluding diaryl/α,β-unsaturated/α-hetero) is 2. The van der Waals surface area contributed by atoms with E-state index in [1.807, 2.05) is 0 Å². The average molecular weight is 1930 g/mol. The maximum Gasteiger partial charge on any atom is 0.469 e. The number of nitrogens with one attached hydrogen (secondary N) is 2. The standard InChI is InChI=1S/C67H127N2O46P3.C6H11BO3/c70-12-17-97-22-19-94-14-6-49(72)44-67(7-3-48(71)2-1-13-93-18-23-98-26-29-101-32-35-104-38-41-107-64-61(81)58(78)55(75)50(113-64)45-110-116(84,85)86,8-4-53(73)68-10-15-95-20-24-99-27-30-102-33-36-105-39-42-108-65-62(82)59(79)56(76)51(114-65)46-111-117(87,88)89)9-5-54(74)69-11-16-96-21-25-100-28-31-103-34-37-106-40-43-109-66-63(83)60(80)57(77)52(115-66)47-112-118(90,91)92;1-9-4-5-10-3-2-6(7)8/h50-52,55-66,70,75-83H,1-47H2,(H,68,73)(H,69,74)(H2,84,85,86)(H2,87,88,89)(H2,90,91,92);2-5H2,1H3. The molecule has 0 aromatic carbocycles. The number of carbonyl (C=O) groups excluding carboxylic acids is 5. The van der Waals surface area contributed by atoms with Crippen molar-refractivity contribution >= 4 is 60.4 Å². The lowest BCUT2D eigenvalue weighted by Crippen LogP contribution is -2.59. The predicted octanol–water partition coefficient (Wildman–Crippen LogP) is -7.00. The molecule has 2 amide bonds. The fraction of sp³-hybridized carbons (Fsp3) is 0.932. The Hall–Kier alpha value is -2.94. The monoisotopic (exact) mass is 1930 g/mol. The molecule has 752 valence electrons. The summed E-state index contributed by atoms with van der Waals surface area (Å²) in [4.78, 5) is 118. The van der Waals surface area contributed by atoms with Crippen LogP contribution < -0.4 is 10.6 Å². The molecule has 55 heteroatoms. The molecule has 3 saturated heterocycles. The fourth-order valence-corrected chi connectivity index (χ4v) is 12.6. The first-order valence-electron chi connectivity index (χ1n) is 41.8. The van der Waals surface area contributed by atoms with Crippen LogP contribution in [0.3, 0.4) is 0 Å². The van der Waals surface area contributed by atoms with Crippen molar-refractivity contribution < 1.29 is 236 Å². The Morgan fingerprint density at radius 3 is 0.898 bits per heavy atom. The molecule has 18 N–H and O–H groups in total. The molecule has 3 fully saturated rings. The van der Waals surface area contributed by atoms with Gasteiger partial charge >= 0.3 is 23.5 Å². The lowest BCUT2D eigenvalue weighted by atomic mass is 9.71. The smallest absolute Gasteiger partial charge is 0.394 e. The van der Waals surface area contributed by atoms with Crippen LogP contribution in [0.25, 0.3) is 0 Å². The largest absolute Gasteiger partial charge is 0.469 e. The minimum atomic E-state index is -4.91. The summed E-state index contributed by atoms with van der Waals surface area (Å²) < 4.78 is 165. The fourth-order valence-electron chi connectivity index (χ4n) is 11.5. The first kappa shape index (κ1) is 121. The molecular formula is C73H138BN2O49P3. The highest BCUT2D eigenvalue weighted by Gasteiger charge is 2.48. The third-order valence-electron chi connectivity index (χ3n) is 18.3. The van der Waals surface area contributed by atoms with Gasteiger partial charge in [0.25, 0.3) is 0 Å². The average Bonchev–Trinajstić information content (AvgIpc) is 0.823. The number of hydrogen-bond acceptors (Lipinski definition) is 43. The zero-order valence-corrected chi connectivity index (χ0v) is 75.0. The van der Waals surface area contributed by atoms with Crippen LogP contribution in [0.1, 0.15) is 70.6 Å². The van der Waals surface area contributed by atoms with Crippen molar-refractivity contribution in [2.24, 2.45) is 5.41 Å². The Morgan fingerprint density at radius 1 is 0.320 bits per heavy atom. The van der Waals surface area contributed by atoms with E-state index in [4.69, 9.17) is 147 Å². The van der Waals surface area contributed by atoms with Crippen LogP contribution in [0.2, 0.25) is 0 Å². The molecule has 15 atom stereocenters. The number of methoxy groups -OCH3 is 1. The molecule has 51 nitrogen and oxygen atoms in total. The highest BCUT2D eigenvalue weighted by Crippen LogP contribution is 2.42. The summed E-state index contributed by atoms with van der Waals surface area (Å²) in [6, 6.07) is 0. The third-order valence-corrected chi connectivity index (χ3v) is 19.8. The Balaban J connectivity index is 0.00000519. The van der Waals surface area contributed by atoms with Crippen LogP contribution in [0, 0.1) is 5.41 Å². The molecule has 0 saturated carbocycles. The van der Waals surface area contributed by atoms with Gasteiger partial charge in [-0.2, -0.15) is 0 Å². The van der Waals surface area contributed by atoms with E-state index in [1.165, 1.54) is 0 Å². The van der Waals surface area contributed by atoms with Crippen LogP contribution in [0.4, 0.5) is 0 Å². The van der Waals surface area contributed by atoms with Gasteiger partial charge in [-0.15, -0.1) is 0 Å². The molecule has 0 aromatic rings. The zero-order chi connectivity index (χ0) is 94.7. The van der Waals surface area contributed by atoms with Crippen LogP contribution >= 0.6 is 23.5 Å². The topological polar surface area (TPSA) is 715 Å². The lowest BCUT2D eigenvalue weighted by molar-refractivity contribution is -0.301. The van der Waals surface area contributed by atoms with Gasteiger partial charge in [0.2, 0.25) is 11.8 Å². The number of phosphoric acid groups is 3. The van der Waals surface area contributed by atoms with E-state index in [2.05, 4.69) is 24.2 Å². The zero-order valence-electron chi connectivity index (χ0n) is 72.3. The summed E-state index contributed by atoms with van der Waals surface area (Å²) in [6.07, 6.45) is -22.9. The number of aliphatic hydroxyl groups excluding tert-OH is 10. The summed E-state index contributed by atoms with van der Waals surface area (Å²) in [5.74, 6) is -1.08. The van der Waals surface area contributed by atoms with Crippen molar-refractivity contribution in [2.75, 3.05) is 271 Å². The quantitative estimate of drug-likeness (QED) is 0.0153. The minimum absolute atomic E-state index is 0.0116. The van der Waals surface area contributed by atoms with Crippen molar-refractivity contribution in [1.29, 1.82) is 0 Å². The third kappa shape index (κ3) is 62.7. The van der Waals surface area contributed by atoms with E-state index in [9.17, 15) is 83.6 Å². The van der Waals surface area contributed by atoms with E-state index >= 15 is 0 Å². The molecule has 2 radical (unpaired) electrons. The van der Waals surface area contributed by atoms with E-state index < -0.39 is 141 Å². The summed E-state index contributed by atoms with van der Waals surface area (Å²) in [5, 5.41) is 106. The highest BCUT2D eigenvalue weighted by molar-refractivity contribution is 7.46. The van der Waals surface area contributed by atoms with Crippen molar-refractivity contribution in [3.63, 3.8) is 0 Å². The first-order chi connectivity index (χ1) is 61.1. The van der Waals surface area contributed by atoms with Gasteiger partial charge in [-0.05, 0) is 31.1 Å². The maximum absolute atomic E-state index is 13.9. The number of amides is 2. The van der Waals surface area contributed by atoms with Gasteiger partial charge in [0, 0.05) is 71.8 Å². The summed E-state index contributed by atoms with van der Waals surface area (Å²) >= 11 is 0. The van der Waals surface area contributed by atoms with Crippen molar-refractivity contribution in [3.8, 4) is 0 Å². The van der Waals surface area contributed by atoms with Crippen LogP contribution in [-0.4, -0.2) is 481 Å². The maximum atomic E-state index is 13.9. The SMILES string of the molecule is O=C(CCCOCCOCCOCCOCCOC1OC(COP(=O)(O)O)C(O)C(O)C1O)CCC(CCC(=O)NCCOCCOCCOCCOCCOC1OC(COP(=O)(O)O)C(O)C(O)C1O)(CCC(=O)NCCOCCOCCOCCOCCOC1OC(COP(=O)(O)O)C(O)C(O)C1O)CC(=O)CCOCCOCCO.[B]C(=O)CCOCCOC. The number of phosphoric ester groups is 3. The molecular weight excluding hydrogens is 1790 g/mol. The van der Waals surface area contributed by atoms with E-state index in [0.717, 1.165) is 0 Å². The number of carbonyl (C=O) groups is 5. The van der Waals surface area contributed by atoms with E-state index in [-0.39, 0.29) is 318 Å². The number of aliphatic hydroxyl groups is 10. The van der Waals surface area contributed by atoms with Crippen molar-refractivity contribution in [1.82, 2.24) is 10.6 Å². The van der Waals surface area contributed by atoms with Gasteiger partial charge in [-0.1, -0.05) is 0 Å². The van der Waals surface area contributed by atoms with Crippen LogP contribution in [0.15, 0.2) is 0 Å². The van der Waals surface area contributed by atoms with Gasteiger partial charge in [0.05, 0.1) is 250 Å². The number of ketones is 2. The molecule has 0 spiro atoms. The van der Waals surface area contributed by atoms with Gasteiger partial charge in [0.15, 0.2) is 26.7 Å². The molecule has 3 aliphatic rings. The first-order valence-corrected chi connectivity index (χ1v) is 46.4.